The van der Waals surface area contributed by atoms with Crippen LogP contribution in [0.4, 0.5) is 5.82 Å². The van der Waals surface area contributed by atoms with Crippen molar-refractivity contribution in [2.45, 2.75) is 19.9 Å². The van der Waals surface area contributed by atoms with E-state index >= 15 is 0 Å². The molecule has 5 heteroatoms. The van der Waals surface area contributed by atoms with Crippen LogP contribution < -0.4 is 4.90 Å². The molecule has 2 aromatic rings. The van der Waals surface area contributed by atoms with E-state index in [1.165, 1.54) is 6.33 Å². The Morgan fingerprint density at radius 1 is 1.33 bits per heavy atom. The first-order valence-electron chi connectivity index (χ1n) is 5.81. The van der Waals surface area contributed by atoms with Gasteiger partial charge in [0.2, 0.25) is 0 Å². The first-order chi connectivity index (χ1) is 8.72. The Kier molecular flexibility index (Phi) is 4.10. The van der Waals surface area contributed by atoms with Gasteiger partial charge in [-0.2, -0.15) is 0 Å². The highest BCUT2D eigenvalue weighted by atomic mass is 35.5. The van der Waals surface area contributed by atoms with Crippen molar-refractivity contribution in [1.82, 2.24) is 15.0 Å². The van der Waals surface area contributed by atoms with Gasteiger partial charge in [0, 0.05) is 31.5 Å². The lowest BCUT2D eigenvalue weighted by Gasteiger charge is -2.20. The Labute approximate surface area is 112 Å². The quantitative estimate of drug-likeness (QED) is 0.795. The van der Waals surface area contributed by atoms with Gasteiger partial charge in [0.25, 0.3) is 0 Å². The molecule has 94 valence electrons. The molecular weight excluding hydrogens is 248 g/mol. The Morgan fingerprint density at radius 2 is 2.17 bits per heavy atom. The highest BCUT2D eigenvalue weighted by Crippen LogP contribution is 2.23. The molecule has 2 rings (SSSR count). The van der Waals surface area contributed by atoms with Crippen molar-refractivity contribution in [3.8, 4) is 0 Å². The fourth-order valence-electron chi connectivity index (χ4n) is 1.86. The standard InChI is InChI=1S/C13H15ClN4/c1-3-11-12(14)16-9-17-13(11)18(2)8-10-5-4-6-15-7-10/h4-7,9H,3,8H2,1-2H3. The van der Waals surface area contributed by atoms with Gasteiger partial charge < -0.3 is 4.90 Å². The minimum atomic E-state index is 0.528. The number of nitrogens with zero attached hydrogens (tertiary/aromatic N) is 4. The van der Waals surface area contributed by atoms with E-state index < -0.39 is 0 Å². The second-order valence-electron chi connectivity index (χ2n) is 4.04. The second-order valence-corrected chi connectivity index (χ2v) is 4.40. The molecule has 0 amide bonds. The maximum Gasteiger partial charge on any atom is 0.137 e. The van der Waals surface area contributed by atoms with Crippen LogP contribution in [0, 0.1) is 0 Å². The van der Waals surface area contributed by atoms with E-state index in [0.717, 1.165) is 29.9 Å². The summed E-state index contributed by atoms with van der Waals surface area (Å²) in [5, 5.41) is 0.528. The van der Waals surface area contributed by atoms with Gasteiger partial charge in [-0.1, -0.05) is 24.6 Å². The number of pyridine rings is 1. The number of rotatable bonds is 4. The van der Waals surface area contributed by atoms with E-state index in [2.05, 4.69) is 19.9 Å². The molecule has 0 fully saturated rings. The van der Waals surface area contributed by atoms with E-state index in [4.69, 9.17) is 11.6 Å². The van der Waals surface area contributed by atoms with E-state index in [1.807, 2.05) is 32.3 Å². The normalized spacial score (nSPS) is 10.4. The van der Waals surface area contributed by atoms with Gasteiger partial charge in [0.15, 0.2) is 0 Å². The van der Waals surface area contributed by atoms with Crippen LogP contribution in [0.5, 0.6) is 0 Å². The van der Waals surface area contributed by atoms with Crippen molar-refractivity contribution in [3.63, 3.8) is 0 Å². The molecule has 0 bridgehead atoms. The van der Waals surface area contributed by atoms with Crippen LogP contribution in [0.15, 0.2) is 30.9 Å². The van der Waals surface area contributed by atoms with Gasteiger partial charge in [-0.15, -0.1) is 0 Å². The summed E-state index contributed by atoms with van der Waals surface area (Å²) in [5.74, 6) is 0.876. The first kappa shape index (κ1) is 12.8. The van der Waals surface area contributed by atoms with E-state index in [1.54, 1.807) is 6.20 Å². The molecule has 0 spiro atoms. The van der Waals surface area contributed by atoms with Crippen LogP contribution in [0.3, 0.4) is 0 Å². The van der Waals surface area contributed by atoms with E-state index in [-0.39, 0.29) is 0 Å². The highest BCUT2D eigenvalue weighted by molar-refractivity contribution is 6.30. The Morgan fingerprint density at radius 3 is 2.83 bits per heavy atom. The van der Waals surface area contributed by atoms with Crippen molar-refractivity contribution in [1.29, 1.82) is 0 Å². The van der Waals surface area contributed by atoms with E-state index in [9.17, 15) is 0 Å². The zero-order valence-electron chi connectivity index (χ0n) is 10.5. The molecule has 0 aliphatic carbocycles. The molecule has 0 aromatic carbocycles. The maximum atomic E-state index is 6.09. The van der Waals surface area contributed by atoms with Crippen molar-refractivity contribution < 1.29 is 0 Å². The van der Waals surface area contributed by atoms with Gasteiger partial charge in [0.05, 0.1) is 0 Å². The molecule has 0 radical (unpaired) electrons. The summed E-state index contributed by atoms with van der Waals surface area (Å²) in [4.78, 5) is 14.5. The molecule has 0 saturated heterocycles. The molecule has 0 unspecified atom stereocenters. The molecule has 0 aliphatic heterocycles. The summed E-state index contributed by atoms with van der Waals surface area (Å²) in [6.45, 7) is 2.79. The van der Waals surface area contributed by atoms with Gasteiger partial charge in [-0.3, -0.25) is 4.98 Å². The number of anilines is 1. The zero-order valence-corrected chi connectivity index (χ0v) is 11.2. The molecule has 2 heterocycles. The average molecular weight is 263 g/mol. The largest absolute Gasteiger partial charge is 0.355 e. The summed E-state index contributed by atoms with van der Waals surface area (Å²) in [6, 6.07) is 3.97. The number of halogens is 1. The van der Waals surface area contributed by atoms with E-state index in [0.29, 0.717) is 5.15 Å². The van der Waals surface area contributed by atoms with Crippen molar-refractivity contribution in [2.75, 3.05) is 11.9 Å². The van der Waals surface area contributed by atoms with Crippen LogP contribution in [-0.2, 0) is 13.0 Å². The summed E-state index contributed by atoms with van der Waals surface area (Å²) < 4.78 is 0. The summed E-state index contributed by atoms with van der Waals surface area (Å²) in [6.07, 6.45) is 5.93. The van der Waals surface area contributed by atoms with Crippen LogP contribution in [0.25, 0.3) is 0 Å². The van der Waals surface area contributed by atoms with Crippen molar-refractivity contribution in [3.05, 3.63) is 47.1 Å². The molecule has 18 heavy (non-hydrogen) atoms. The molecule has 2 aromatic heterocycles. The van der Waals surface area contributed by atoms with Crippen LogP contribution in [0.2, 0.25) is 5.15 Å². The van der Waals surface area contributed by atoms with Gasteiger partial charge >= 0.3 is 0 Å². The van der Waals surface area contributed by atoms with Gasteiger partial charge in [-0.25, -0.2) is 9.97 Å². The highest BCUT2D eigenvalue weighted by Gasteiger charge is 2.12. The monoisotopic (exact) mass is 262 g/mol. The number of aromatic nitrogens is 3. The van der Waals surface area contributed by atoms with Crippen molar-refractivity contribution in [2.24, 2.45) is 0 Å². The minimum Gasteiger partial charge on any atom is -0.355 e. The van der Waals surface area contributed by atoms with Crippen LogP contribution >= 0.6 is 11.6 Å². The minimum absolute atomic E-state index is 0.528. The Balaban J connectivity index is 2.24. The topological polar surface area (TPSA) is 41.9 Å². The van der Waals surface area contributed by atoms with Crippen LogP contribution in [0.1, 0.15) is 18.1 Å². The lowest BCUT2D eigenvalue weighted by Crippen LogP contribution is -2.19. The molecule has 4 nitrogen and oxygen atoms in total. The molecule has 0 saturated carbocycles. The molecular formula is C13H15ClN4. The smallest absolute Gasteiger partial charge is 0.137 e. The third-order valence-electron chi connectivity index (χ3n) is 2.73. The van der Waals surface area contributed by atoms with Crippen molar-refractivity contribution >= 4 is 17.4 Å². The number of hydrogen-bond donors (Lipinski definition) is 0. The predicted molar refractivity (Wildman–Crippen MR) is 72.8 cm³/mol. The summed E-state index contributed by atoms with van der Waals surface area (Å²) >= 11 is 6.09. The fraction of sp³-hybridized carbons (Fsp3) is 0.308. The Bertz CT molecular complexity index is 516. The first-order valence-corrected chi connectivity index (χ1v) is 6.19. The lowest BCUT2D eigenvalue weighted by molar-refractivity contribution is 0.866. The zero-order chi connectivity index (χ0) is 13.0. The second kappa shape index (κ2) is 5.78. The molecule has 0 atom stereocenters. The summed E-state index contributed by atoms with van der Waals surface area (Å²) in [7, 11) is 1.99. The van der Waals surface area contributed by atoms with Gasteiger partial charge in [0.1, 0.15) is 17.3 Å². The predicted octanol–water partition coefficient (Wildman–Crippen LogP) is 2.72. The SMILES string of the molecule is CCc1c(Cl)ncnc1N(C)Cc1cccnc1. The number of hydrogen-bond acceptors (Lipinski definition) is 4. The van der Waals surface area contributed by atoms with Gasteiger partial charge in [-0.05, 0) is 18.1 Å². The maximum absolute atomic E-state index is 6.09. The van der Waals surface area contributed by atoms with Crippen LogP contribution in [-0.4, -0.2) is 22.0 Å². The summed E-state index contributed by atoms with van der Waals surface area (Å²) in [5.41, 5.74) is 2.11. The molecule has 0 aliphatic rings. The average Bonchev–Trinajstić information content (AvgIpc) is 2.39. The Hall–Kier alpha value is -1.68. The molecule has 0 N–H and O–H groups in total. The third kappa shape index (κ3) is 2.76. The fourth-order valence-corrected chi connectivity index (χ4v) is 2.12. The lowest BCUT2D eigenvalue weighted by atomic mass is 10.2. The third-order valence-corrected chi connectivity index (χ3v) is 3.05.